The maximum atomic E-state index is 12.7. The van der Waals surface area contributed by atoms with Crippen molar-refractivity contribution in [1.82, 2.24) is 19.8 Å². The van der Waals surface area contributed by atoms with Crippen molar-refractivity contribution in [3.05, 3.63) is 70.3 Å². The molecule has 0 aliphatic rings. The molecule has 3 rings (SSSR count). The fraction of sp³-hybridized carbons (Fsp3) is 0.400. The van der Waals surface area contributed by atoms with Gasteiger partial charge in [0.2, 0.25) is 5.91 Å². The number of rotatable bonds is 10. The van der Waals surface area contributed by atoms with Crippen molar-refractivity contribution in [2.24, 2.45) is 0 Å². The number of ether oxygens (including phenoxy) is 1. The van der Waals surface area contributed by atoms with E-state index in [1.807, 2.05) is 37.3 Å². The molecule has 3 aromatic rings. The lowest BCUT2D eigenvalue weighted by atomic mass is 10.0. The van der Waals surface area contributed by atoms with E-state index in [-0.39, 0.29) is 30.5 Å². The summed E-state index contributed by atoms with van der Waals surface area (Å²) < 4.78 is 6.88. The van der Waals surface area contributed by atoms with Gasteiger partial charge in [-0.25, -0.2) is 4.98 Å². The van der Waals surface area contributed by atoms with Crippen LogP contribution in [0.5, 0.6) is 5.75 Å². The molecule has 1 amide bonds. The largest absolute Gasteiger partial charge is 0.497 e. The van der Waals surface area contributed by atoms with Gasteiger partial charge in [0.25, 0.3) is 5.56 Å². The SMILES string of the molecule is CCN(CC)C(CNC(=O)CCn1cnc2c(C)cccc2c1=O)c1cccc(OC)c1. The van der Waals surface area contributed by atoms with Crippen molar-refractivity contribution < 1.29 is 9.53 Å². The maximum absolute atomic E-state index is 12.7. The molecule has 1 aromatic heterocycles. The molecule has 0 saturated heterocycles. The van der Waals surface area contributed by atoms with Crippen LogP contribution in [0.4, 0.5) is 0 Å². The Hall–Kier alpha value is -3.19. The summed E-state index contributed by atoms with van der Waals surface area (Å²) in [5.74, 6) is 0.700. The number of para-hydroxylation sites is 1. The third kappa shape index (κ3) is 5.34. The van der Waals surface area contributed by atoms with Gasteiger partial charge in [0.15, 0.2) is 0 Å². The molecule has 2 aromatic carbocycles. The van der Waals surface area contributed by atoms with Crippen molar-refractivity contribution in [2.75, 3.05) is 26.7 Å². The number of fused-ring (bicyclic) bond motifs is 1. The van der Waals surface area contributed by atoms with Crippen LogP contribution in [0.2, 0.25) is 0 Å². The van der Waals surface area contributed by atoms with Crippen molar-refractivity contribution in [2.45, 2.75) is 39.8 Å². The summed E-state index contributed by atoms with van der Waals surface area (Å²) in [6, 6.07) is 13.5. The molecule has 1 atom stereocenters. The molecule has 1 unspecified atom stereocenters. The number of nitrogens with one attached hydrogen (secondary N) is 1. The molecule has 1 N–H and O–H groups in total. The lowest BCUT2D eigenvalue weighted by Gasteiger charge is -2.30. The van der Waals surface area contributed by atoms with E-state index in [4.69, 9.17) is 4.74 Å². The topological polar surface area (TPSA) is 76.5 Å². The van der Waals surface area contributed by atoms with Crippen LogP contribution in [0.15, 0.2) is 53.6 Å². The number of benzene rings is 2. The number of likely N-dealkylation sites (N-methyl/N-ethyl adjacent to an activating group) is 1. The van der Waals surface area contributed by atoms with Crippen molar-refractivity contribution >= 4 is 16.8 Å². The minimum absolute atomic E-state index is 0.0390. The Morgan fingerprint density at radius 3 is 2.66 bits per heavy atom. The van der Waals surface area contributed by atoms with Crippen LogP contribution >= 0.6 is 0 Å². The third-order valence-corrected chi connectivity index (χ3v) is 5.86. The Kier molecular flexibility index (Phi) is 8.00. The number of amides is 1. The van der Waals surface area contributed by atoms with Crippen molar-refractivity contribution in [1.29, 1.82) is 0 Å². The second-order valence-electron chi connectivity index (χ2n) is 7.78. The second kappa shape index (κ2) is 10.9. The highest BCUT2D eigenvalue weighted by Gasteiger charge is 2.19. The van der Waals surface area contributed by atoms with E-state index in [1.165, 1.54) is 10.9 Å². The van der Waals surface area contributed by atoms with Crippen molar-refractivity contribution in [3.8, 4) is 5.75 Å². The number of hydrogen-bond acceptors (Lipinski definition) is 5. The number of aromatic nitrogens is 2. The van der Waals surface area contributed by atoms with Gasteiger partial charge in [-0.15, -0.1) is 0 Å². The van der Waals surface area contributed by atoms with Gasteiger partial charge < -0.3 is 10.1 Å². The summed E-state index contributed by atoms with van der Waals surface area (Å²) in [5, 5.41) is 3.62. The standard InChI is InChI=1S/C25H32N4O3/c1-5-28(6-2)22(19-10-8-11-20(15-19)32-4)16-26-23(30)13-14-29-17-27-24-18(3)9-7-12-21(24)25(29)31/h7-12,15,17,22H,5-6,13-14,16H2,1-4H3,(H,26,30). The van der Waals surface area contributed by atoms with Crippen LogP contribution in [-0.2, 0) is 11.3 Å². The first-order chi connectivity index (χ1) is 15.5. The molecule has 7 heteroatoms. The predicted octanol–water partition coefficient (Wildman–Crippen LogP) is 3.30. The molecule has 0 radical (unpaired) electrons. The van der Waals surface area contributed by atoms with Crippen LogP contribution in [-0.4, -0.2) is 47.1 Å². The quantitative estimate of drug-likeness (QED) is 0.528. The van der Waals surface area contributed by atoms with Gasteiger partial charge in [-0.1, -0.05) is 38.1 Å². The molecule has 32 heavy (non-hydrogen) atoms. The molecular formula is C25H32N4O3. The number of methoxy groups -OCH3 is 1. The van der Waals surface area contributed by atoms with Crippen LogP contribution in [0.3, 0.4) is 0 Å². The number of hydrogen-bond donors (Lipinski definition) is 1. The Labute approximate surface area is 189 Å². The highest BCUT2D eigenvalue weighted by molar-refractivity contribution is 5.80. The van der Waals surface area contributed by atoms with E-state index in [2.05, 4.69) is 35.1 Å². The van der Waals surface area contributed by atoms with Gasteiger partial charge in [0.1, 0.15) is 5.75 Å². The van der Waals surface area contributed by atoms with E-state index in [0.29, 0.717) is 17.4 Å². The van der Waals surface area contributed by atoms with Gasteiger partial charge in [-0.2, -0.15) is 0 Å². The van der Waals surface area contributed by atoms with Gasteiger partial charge in [-0.3, -0.25) is 19.1 Å². The molecule has 0 aliphatic heterocycles. The van der Waals surface area contributed by atoms with Gasteiger partial charge in [-0.05, 0) is 49.3 Å². The van der Waals surface area contributed by atoms with E-state index in [1.54, 1.807) is 13.2 Å². The highest BCUT2D eigenvalue weighted by Crippen LogP contribution is 2.23. The summed E-state index contributed by atoms with van der Waals surface area (Å²) in [6.07, 6.45) is 1.74. The molecular weight excluding hydrogens is 404 g/mol. The lowest BCUT2D eigenvalue weighted by Crippen LogP contribution is -2.38. The Bertz CT molecular complexity index is 1120. The molecule has 170 valence electrons. The first kappa shape index (κ1) is 23.5. The average Bonchev–Trinajstić information content (AvgIpc) is 2.81. The summed E-state index contributed by atoms with van der Waals surface area (Å²) in [5.41, 5.74) is 2.64. The number of carbonyl (C=O) groups is 1. The van der Waals surface area contributed by atoms with Crippen molar-refractivity contribution in [3.63, 3.8) is 0 Å². The van der Waals surface area contributed by atoms with Gasteiger partial charge >= 0.3 is 0 Å². The first-order valence-corrected chi connectivity index (χ1v) is 11.1. The summed E-state index contributed by atoms with van der Waals surface area (Å²) >= 11 is 0. The van der Waals surface area contributed by atoms with Crippen LogP contribution in [0.1, 0.15) is 37.4 Å². The molecule has 0 aliphatic carbocycles. The van der Waals surface area contributed by atoms with E-state index in [0.717, 1.165) is 30.0 Å². The summed E-state index contributed by atoms with van der Waals surface area (Å²) in [6.45, 7) is 8.66. The zero-order valence-electron chi connectivity index (χ0n) is 19.3. The molecule has 7 nitrogen and oxygen atoms in total. The Morgan fingerprint density at radius 1 is 1.19 bits per heavy atom. The molecule has 0 bridgehead atoms. The second-order valence-corrected chi connectivity index (χ2v) is 7.78. The third-order valence-electron chi connectivity index (χ3n) is 5.86. The molecule has 1 heterocycles. The lowest BCUT2D eigenvalue weighted by molar-refractivity contribution is -0.121. The first-order valence-electron chi connectivity index (χ1n) is 11.1. The Balaban J connectivity index is 1.67. The fourth-order valence-electron chi connectivity index (χ4n) is 3.99. The summed E-state index contributed by atoms with van der Waals surface area (Å²) in [4.78, 5) is 32.1. The fourth-order valence-corrected chi connectivity index (χ4v) is 3.99. The monoisotopic (exact) mass is 436 g/mol. The summed E-state index contributed by atoms with van der Waals surface area (Å²) in [7, 11) is 1.65. The van der Waals surface area contributed by atoms with Gasteiger partial charge in [0, 0.05) is 19.5 Å². The zero-order chi connectivity index (χ0) is 23.1. The Morgan fingerprint density at radius 2 is 1.94 bits per heavy atom. The number of aryl methyl sites for hydroxylation is 2. The van der Waals surface area contributed by atoms with E-state index in [9.17, 15) is 9.59 Å². The van der Waals surface area contributed by atoms with E-state index < -0.39 is 0 Å². The average molecular weight is 437 g/mol. The highest BCUT2D eigenvalue weighted by atomic mass is 16.5. The minimum Gasteiger partial charge on any atom is -0.497 e. The zero-order valence-corrected chi connectivity index (χ0v) is 19.3. The molecule has 0 fully saturated rings. The van der Waals surface area contributed by atoms with Crippen LogP contribution in [0.25, 0.3) is 10.9 Å². The van der Waals surface area contributed by atoms with Crippen LogP contribution in [0, 0.1) is 6.92 Å². The van der Waals surface area contributed by atoms with E-state index >= 15 is 0 Å². The molecule has 0 saturated carbocycles. The normalized spacial score (nSPS) is 12.2. The smallest absolute Gasteiger partial charge is 0.261 e. The van der Waals surface area contributed by atoms with Crippen LogP contribution < -0.4 is 15.6 Å². The minimum atomic E-state index is -0.121. The van der Waals surface area contributed by atoms with Gasteiger partial charge in [0.05, 0.1) is 30.4 Å². The number of nitrogens with zero attached hydrogens (tertiary/aromatic N) is 3. The predicted molar refractivity (Wildman–Crippen MR) is 127 cm³/mol. The maximum Gasteiger partial charge on any atom is 0.261 e. The molecule has 0 spiro atoms. The number of carbonyl (C=O) groups excluding carboxylic acids is 1.